The van der Waals surface area contributed by atoms with Crippen molar-refractivity contribution in [3.05, 3.63) is 53.3 Å². The number of rotatable bonds is 0. The van der Waals surface area contributed by atoms with E-state index in [4.69, 9.17) is 0 Å². The van der Waals surface area contributed by atoms with Gasteiger partial charge in [0.05, 0.1) is 5.39 Å². The minimum absolute atomic E-state index is 0. The molecule has 0 aliphatic heterocycles. The molecular weight excluding hydrogens is 302 g/mol. The normalized spacial score (nSPS) is 10.7. The van der Waals surface area contributed by atoms with Gasteiger partial charge >= 0.3 is 0 Å². The maximum absolute atomic E-state index is 10.2. The molecule has 0 aliphatic carbocycles. The molecule has 0 bridgehead atoms. The van der Waals surface area contributed by atoms with Crippen LogP contribution >= 0.6 is 0 Å². The van der Waals surface area contributed by atoms with Crippen LogP contribution in [0.4, 0.5) is 0 Å². The smallest absolute Gasteiger partial charge is 0.221 e. The second kappa shape index (κ2) is 4.82. The summed E-state index contributed by atoms with van der Waals surface area (Å²) in [5.41, 5.74) is 4.80. The van der Waals surface area contributed by atoms with Crippen molar-refractivity contribution in [1.82, 2.24) is 0 Å². The summed E-state index contributed by atoms with van der Waals surface area (Å²) in [6.45, 7) is 6.29. The molecule has 0 radical (unpaired) electrons. The number of benzene rings is 1. The minimum atomic E-state index is 0. The van der Waals surface area contributed by atoms with Crippen LogP contribution in [-0.2, 0) is 0 Å². The fourth-order valence-corrected chi connectivity index (χ4v) is 2.65. The second-order valence-corrected chi connectivity index (χ2v) is 4.87. The molecule has 2 aromatic heterocycles. The number of hydrogen-bond acceptors (Lipinski definition) is 1. The zero-order valence-corrected chi connectivity index (χ0v) is 12.8. The van der Waals surface area contributed by atoms with Crippen LogP contribution < -0.4 is 21.4 Å². The van der Waals surface area contributed by atoms with Gasteiger partial charge in [0, 0.05) is 23.4 Å². The third-order valence-electron chi connectivity index (χ3n) is 3.69. The van der Waals surface area contributed by atoms with Gasteiger partial charge in [-0.25, -0.2) is 0 Å². The van der Waals surface area contributed by atoms with E-state index in [-0.39, 0.29) is 17.0 Å². The van der Waals surface area contributed by atoms with Crippen LogP contribution in [0, 0.1) is 20.8 Å². The number of aryl methyl sites for hydroxylation is 3. The first-order valence-electron chi connectivity index (χ1n) is 6.12. The van der Waals surface area contributed by atoms with E-state index in [2.05, 4.69) is 37.3 Å². The lowest BCUT2D eigenvalue weighted by Gasteiger charge is -2.06. The van der Waals surface area contributed by atoms with Gasteiger partial charge in [-0.05, 0) is 26.0 Å². The molecule has 3 aromatic rings. The van der Waals surface area contributed by atoms with Gasteiger partial charge in [0.15, 0.2) is 11.4 Å². The average molecular weight is 318 g/mol. The van der Waals surface area contributed by atoms with Gasteiger partial charge in [-0.15, -0.1) is 0 Å². The zero-order valence-electron chi connectivity index (χ0n) is 11.2. The average Bonchev–Trinajstić information content (AvgIpc) is 2.36. The number of hydrogen-bond donors (Lipinski definition) is 1. The van der Waals surface area contributed by atoms with Crippen molar-refractivity contribution in [3.8, 4) is 5.75 Å². The quantitative estimate of drug-likeness (QED) is 0.465. The Kier molecular flexibility index (Phi) is 3.50. The molecule has 0 saturated heterocycles. The molecule has 3 heteroatoms. The number of nitrogens with zero attached hydrogens (tertiary/aromatic N) is 1. The second-order valence-electron chi connectivity index (χ2n) is 4.87. The maximum Gasteiger partial charge on any atom is 0.221 e. The number of aromatic nitrogens is 1. The van der Waals surface area contributed by atoms with E-state index in [9.17, 15) is 5.11 Å². The van der Waals surface area contributed by atoms with Crippen molar-refractivity contribution in [2.75, 3.05) is 0 Å². The summed E-state index contributed by atoms with van der Waals surface area (Å²) in [5.74, 6) is 0.330. The van der Waals surface area contributed by atoms with E-state index in [1.54, 1.807) is 0 Å². The van der Waals surface area contributed by atoms with E-state index in [0.29, 0.717) is 5.75 Å². The summed E-state index contributed by atoms with van der Waals surface area (Å²) in [7, 11) is 0. The highest BCUT2D eigenvalue weighted by molar-refractivity contribution is 5.98. The van der Waals surface area contributed by atoms with Crippen LogP contribution in [0.3, 0.4) is 0 Å². The molecule has 19 heavy (non-hydrogen) atoms. The van der Waals surface area contributed by atoms with Crippen molar-refractivity contribution in [1.29, 1.82) is 0 Å². The van der Waals surface area contributed by atoms with Gasteiger partial charge in [0.25, 0.3) is 0 Å². The largest absolute Gasteiger partial charge is 1.00 e. The van der Waals surface area contributed by atoms with Crippen LogP contribution in [0.15, 0.2) is 36.5 Å². The highest BCUT2D eigenvalue weighted by atomic mass is 79.9. The molecule has 1 N–H and O–H groups in total. The molecule has 1 aromatic carbocycles. The Morgan fingerprint density at radius 3 is 2.26 bits per heavy atom. The summed E-state index contributed by atoms with van der Waals surface area (Å²) in [6.07, 6.45) is 1.81. The topological polar surface area (TPSA) is 24.3 Å². The van der Waals surface area contributed by atoms with Gasteiger partial charge < -0.3 is 22.1 Å². The SMILES string of the molecule is Cc1cc(C)c2c3ccccc3c(O)c[n+]2c1C.[Br-]. The Labute approximate surface area is 123 Å². The Balaban J connectivity index is 0.00000133. The molecule has 0 unspecified atom stereocenters. The van der Waals surface area contributed by atoms with E-state index >= 15 is 0 Å². The minimum Gasteiger partial charge on any atom is -1.00 e. The molecule has 2 nitrogen and oxygen atoms in total. The van der Waals surface area contributed by atoms with E-state index in [0.717, 1.165) is 16.5 Å². The third-order valence-corrected chi connectivity index (χ3v) is 3.69. The molecule has 0 amide bonds. The molecular formula is C16H16BrNO. The lowest BCUT2D eigenvalue weighted by molar-refractivity contribution is -0.520. The molecule has 3 rings (SSSR count). The Hall–Kier alpha value is -1.61. The summed E-state index contributed by atoms with van der Waals surface area (Å²) in [5, 5.41) is 12.2. The van der Waals surface area contributed by atoms with Crippen LogP contribution in [0.2, 0.25) is 0 Å². The molecule has 0 aliphatic rings. The summed E-state index contributed by atoms with van der Waals surface area (Å²) in [4.78, 5) is 0. The predicted molar refractivity (Wildman–Crippen MR) is 73.0 cm³/mol. The first-order valence-corrected chi connectivity index (χ1v) is 6.12. The zero-order chi connectivity index (χ0) is 12.9. The molecule has 0 saturated carbocycles. The summed E-state index contributed by atoms with van der Waals surface area (Å²) >= 11 is 0. The first kappa shape index (κ1) is 13.8. The molecule has 0 fully saturated rings. The Morgan fingerprint density at radius 2 is 1.58 bits per heavy atom. The van der Waals surface area contributed by atoms with Gasteiger partial charge in [-0.3, -0.25) is 0 Å². The summed E-state index contributed by atoms with van der Waals surface area (Å²) < 4.78 is 2.09. The lowest BCUT2D eigenvalue weighted by atomic mass is 10.0. The van der Waals surface area contributed by atoms with E-state index in [1.807, 2.05) is 24.4 Å². The van der Waals surface area contributed by atoms with Crippen molar-refractivity contribution in [2.45, 2.75) is 20.8 Å². The predicted octanol–water partition coefficient (Wildman–Crippen LogP) is 0.213. The molecule has 2 heterocycles. The van der Waals surface area contributed by atoms with Gasteiger partial charge in [0.1, 0.15) is 0 Å². The van der Waals surface area contributed by atoms with Crippen molar-refractivity contribution in [2.24, 2.45) is 0 Å². The molecule has 0 atom stereocenters. The van der Waals surface area contributed by atoms with Crippen LogP contribution in [0.1, 0.15) is 16.8 Å². The van der Waals surface area contributed by atoms with E-state index in [1.165, 1.54) is 16.6 Å². The van der Waals surface area contributed by atoms with E-state index < -0.39 is 0 Å². The van der Waals surface area contributed by atoms with Gasteiger partial charge in [-0.1, -0.05) is 18.2 Å². The molecule has 98 valence electrons. The monoisotopic (exact) mass is 317 g/mol. The Morgan fingerprint density at radius 1 is 0.947 bits per heavy atom. The Bertz CT molecular complexity index is 781. The van der Waals surface area contributed by atoms with Crippen molar-refractivity contribution < 1.29 is 26.5 Å². The fourth-order valence-electron chi connectivity index (χ4n) is 2.65. The number of aromatic hydroxyl groups is 1. The van der Waals surface area contributed by atoms with Crippen LogP contribution in [0.5, 0.6) is 5.75 Å². The maximum atomic E-state index is 10.2. The fraction of sp³-hybridized carbons (Fsp3) is 0.188. The van der Waals surface area contributed by atoms with Crippen molar-refractivity contribution >= 4 is 16.3 Å². The molecule has 0 spiro atoms. The first-order chi connectivity index (χ1) is 8.59. The number of halogens is 1. The third kappa shape index (κ3) is 1.98. The highest BCUT2D eigenvalue weighted by Gasteiger charge is 2.18. The number of fused-ring (bicyclic) bond motifs is 3. The van der Waals surface area contributed by atoms with Crippen molar-refractivity contribution in [3.63, 3.8) is 0 Å². The standard InChI is InChI=1S/C16H15NO.BrH/c1-10-8-11(2)16-14-7-5-4-6-13(14)15(18)9-17(16)12(10)3;/h4-9H,1-3H3;1H. The highest BCUT2D eigenvalue weighted by Crippen LogP contribution is 2.27. The van der Waals surface area contributed by atoms with Gasteiger partial charge in [-0.2, -0.15) is 4.40 Å². The van der Waals surface area contributed by atoms with Crippen LogP contribution in [0.25, 0.3) is 16.3 Å². The number of pyridine rings is 2. The van der Waals surface area contributed by atoms with Crippen LogP contribution in [-0.4, -0.2) is 5.11 Å². The lowest BCUT2D eigenvalue weighted by Crippen LogP contribution is -3.00. The van der Waals surface area contributed by atoms with Gasteiger partial charge in [0.2, 0.25) is 11.7 Å². The summed E-state index contributed by atoms with van der Waals surface area (Å²) in [6, 6.07) is 10.2.